The third kappa shape index (κ3) is 5.32. The molecule has 0 atom stereocenters. The van der Waals surface area contributed by atoms with Gasteiger partial charge in [0, 0.05) is 38.9 Å². The molecule has 2 heterocycles. The maximum absolute atomic E-state index is 11.8. The quantitative estimate of drug-likeness (QED) is 0.843. The minimum atomic E-state index is -0.220. The minimum Gasteiger partial charge on any atom is -0.450 e. The van der Waals surface area contributed by atoms with Crippen molar-refractivity contribution in [3.63, 3.8) is 0 Å². The third-order valence-corrected chi connectivity index (χ3v) is 4.62. The van der Waals surface area contributed by atoms with E-state index in [9.17, 15) is 4.79 Å². The number of carbonyl (C=O) groups is 1. The van der Waals surface area contributed by atoms with Crippen molar-refractivity contribution in [3.8, 4) is 0 Å². The number of ether oxygens (including phenoxy) is 1. The lowest BCUT2D eigenvalue weighted by molar-refractivity contribution is 0.0983. The summed E-state index contributed by atoms with van der Waals surface area (Å²) in [6.07, 6.45) is 3.30. The molecule has 1 saturated heterocycles. The van der Waals surface area contributed by atoms with Crippen LogP contribution in [0.1, 0.15) is 25.3 Å². The number of likely N-dealkylation sites (tertiary alicyclic amines) is 1. The van der Waals surface area contributed by atoms with Gasteiger partial charge in [-0.25, -0.2) is 9.78 Å². The zero-order chi connectivity index (χ0) is 19.1. The predicted octanol–water partition coefficient (Wildman–Crippen LogP) is 3.15. The van der Waals surface area contributed by atoms with Gasteiger partial charge in [0.15, 0.2) is 0 Å². The minimum absolute atomic E-state index is 0.220. The van der Waals surface area contributed by atoms with Gasteiger partial charge in [-0.1, -0.05) is 30.3 Å². The van der Waals surface area contributed by atoms with Crippen molar-refractivity contribution in [2.75, 3.05) is 37.0 Å². The van der Waals surface area contributed by atoms with E-state index in [-0.39, 0.29) is 12.1 Å². The second-order valence-corrected chi connectivity index (χ2v) is 6.69. The summed E-state index contributed by atoms with van der Waals surface area (Å²) in [5, 5.41) is 3.47. The number of aromatic nitrogens is 2. The number of amides is 1. The number of carbonyl (C=O) groups excluding carboxylic acids is 1. The Hall–Kier alpha value is -2.83. The number of anilines is 2. The van der Waals surface area contributed by atoms with Crippen LogP contribution in [-0.4, -0.2) is 53.7 Å². The Labute approximate surface area is 160 Å². The number of nitrogens with one attached hydrogen (secondary N) is 1. The predicted molar refractivity (Wildman–Crippen MR) is 106 cm³/mol. The molecule has 7 nitrogen and oxygen atoms in total. The molecule has 7 heteroatoms. The van der Waals surface area contributed by atoms with Gasteiger partial charge in [0.2, 0.25) is 5.95 Å². The van der Waals surface area contributed by atoms with Crippen LogP contribution in [0.4, 0.5) is 16.6 Å². The van der Waals surface area contributed by atoms with E-state index >= 15 is 0 Å². The molecule has 1 aromatic carbocycles. The van der Waals surface area contributed by atoms with Gasteiger partial charge >= 0.3 is 6.09 Å². The summed E-state index contributed by atoms with van der Waals surface area (Å²) in [7, 11) is 1.99. The molecule has 0 unspecified atom stereocenters. The van der Waals surface area contributed by atoms with Gasteiger partial charge in [-0.15, -0.1) is 0 Å². The van der Waals surface area contributed by atoms with Crippen LogP contribution in [0, 0.1) is 0 Å². The summed E-state index contributed by atoms with van der Waals surface area (Å²) < 4.78 is 5.07. The average molecular weight is 369 g/mol. The summed E-state index contributed by atoms with van der Waals surface area (Å²) in [6.45, 7) is 4.39. The fourth-order valence-electron chi connectivity index (χ4n) is 3.17. The standard InChI is InChI=1S/C20H27N5O2/c1-3-27-20(26)25-13-10-17(11-14-25)22-18-9-12-21-19(23-18)24(2)15-16-7-5-4-6-8-16/h4-9,12,17H,3,10-11,13-15H2,1-2H3,(H,21,22,23). The van der Waals surface area contributed by atoms with Crippen LogP contribution in [0.2, 0.25) is 0 Å². The van der Waals surface area contributed by atoms with Crippen molar-refractivity contribution in [2.45, 2.75) is 32.4 Å². The molecule has 0 saturated carbocycles. The highest BCUT2D eigenvalue weighted by molar-refractivity contribution is 5.67. The van der Waals surface area contributed by atoms with E-state index in [1.165, 1.54) is 5.56 Å². The van der Waals surface area contributed by atoms with Crippen molar-refractivity contribution in [2.24, 2.45) is 0 Å². The SMILES string of the molecule is CCOC(=O)N1CCC(Nc2ccnc(N(C)Cc3ccccc3)n2)CC1. The van der Waals surface area contributed by atoms with Gasteiger partial charge < -0.3 is 19.9 Å². The number of hydrogen-bond donors (Lipinski definition) is 1. The summed E-state index contributed by atoms with van der Waals surface area (Å²) in [6, 6.07) is 12.4. The Balaban J connectivity index is 1.54. The molecule has 144 valence electrons. The van der Waals surface area contributed by atoms with Crippen LogP contribution in [0.15, 0.2) is 42.6 Å². The van der Waals surface area contributed by atoms with Crippen LogP contribution in [0.3, 0.4) is 0 Å². The molecule has 1 aliphatic heterocycles. The fraction of sp³-hybridized carbons (Fsp3) is 0.450. The van der Waals surface area contributed by atoms with E-state index < -0.39 is 0 Å². The molecule has 1 aliphatic rings. The number of rotatable bonds is 6. The van der Waals surface area contributed by atoms with Crippen molar-refractivity contribution < 1.29 is 9.53 Å². The number of benzene rings is 1. The van der Waals surface area contributed by atoms with Crippen LogP contribution < -0.4 is 10.2 Å². The number of piperidine rings is 1. The smallest absolute Gasteiger partial charge is 0.409 e. The lowest BCUT2D eigenvalue weighted by atomic mass is 10.1. The van der Waals surface area contributed by atoms with Crippen molar-refractivity contribution in [1.29, 1.82) is 0 Å². The Bertz CT molecular complexity index is 732. The molecule has 1 fully saturated rings. The first kappa shape index (κ1) is 18.9. The highest BCUT2D eigenvalue weighted by Gasteiger charge is 2.23. The van der Waals surface area contributed by atoms with Gasteiger partial charge in [0.05, 0.1) is 6.61 Å². The van der Waals surface area contributed by atoms with Gasteiger partial charge in [0.25, 0.3) is 0 Å². The topological polar surface area (TPSA) is 70.6 Å². The molecular formula is C20H27N5O2. The number of hydrogen-bond acceptors (Lipinski definition) is 6. The first-order valence-corrected chi connectivity index (χ1v) is 9.42. The maximum atomic E-state index is 11.8. The summed E-state index contributed by atoms with van der Waals surface area (Å²) in [5.41, 5.74) is 1.22. The van der Waals surface area contributed by atoms with Gasteiger partial charge in [-0.2, -0.15) is 4.98 Å². The number of nitrogens with zero attached hydrogens (tertiary/aromatic N) is 4. The monoisotopic (exact) mass is 369 g/mol. The molecule has 1 aromatic heterocycles. The lowest BCUT2D eigenvalue weighted by Crippen LogP contribution is -2.42. The zero-order valence-corrected chi connectivity index (χ0v) is 16.0. The molecule has 0 radical (unpaired) electrons. The Morgan fingerprint density at radius 2 is 2.00 bits per heavy atom. The highest BCUT2D eigenvalue weighted by Crippen LogP contribution is 2.18. The van der Waals surface area contributed by atoms with E-state index in [0.717, 1.165) is 25.2 Å². The van der Waals surface area contributed by atoms with Crippen LogP contribution >= 0.6 is 0 Å². The Morgan fingerprint density at radius 1 is 1.26 bits per heavy atom. The molecule has 0 bridgehead atoms. The van der Waals surface area contributed by atoms with E-state index in [1.807, 2.05) is 43.1 Å². The normalized spacial score (nSPS) is 14.7. The Kier molecular flexibility index (Phi) is 6.46. The van der Waals surface area contributed by atoms with E-state index in [2.05, 4.69) is 27.4 Å². The molecule has 3 rings (SSSR count). The van der Waals surface area contributed by atoms with E-state index in [4.69, 9.17) is 4.74 Å². The average Bonchev–Trinajstić information content (AvgIpc) is 2.70. The van der Waals surface area contributed by atoms with Crippen molar-refractivity contribution in [1.82, 2.24) is 14.9 Å². The van der Waals surface area contributed by atoms with Crippen LogP contribution in [0.25, 0.3) is 0 Å². The first-order valence-electron chi connectivity index (χ1n) is 9.42. The second-order valence-electron chi connectivity index (χ2n) is 6.69. The van der Waals surface area contributed by atoms with Crippen molar-refractivity contribution >= 4 is 17.9 Å². The highest BCUT2D eigenvalue weighted by atomic mass is 16.6. The molecular weight excluding hydrogens is 342 g/mol. The fourth-order valence-corrected chi connectivity index (χ4v) is 3.17. The van der Waals surface area contributed by atoms with Gasteiger partial charge in [-0.3, -0.25) is 0 Å². The first-order chi connectivity index (χ1) is 13.2. The molecule has 0 aliphatic carbocycles. The lowest BCUT2D eigenvalue weighted by Gasteiger charge is -2.32. The van der Waals surface area contributed by atoms with E-state index in [0.29, 0.717) is 25.6 Å². The third-order valence-electron chi connectivity index (χ3n) is 4.62. The summed E-state index contributed by atoms with van der Waals surface area (Å²) in [5.74, 6) is 1.50. The second kappa shape index (κ2) is 9.21. The molecule has 1 N–H and O–H groups in total. The summed E-state index contributed by atoms with van der Waals surface area (Å²) >= 11 is 0. The van der Waals surface area contributed by atoms with Crippen LogP contribution in [0.5, 0.6) is 0 Å². The summed E-state index contributed by atoms with van der Waals surface area (Å²) in [4.78, 5) is 24.6. The largest absolute Gasteiger partial charge is 0.450 e. The molecule has 27 heavy (non-hydrogen) atoms. The molecule has 2 aromatic rings. The molecule has 1 amide bonds. The van der Waals surface area contributed by atoms with E-state index in [1.54, 1.807) is 11.1 Å². The van der Waals surface area contributed by atoms with Crippen LogP contribution in [-0.2, 0) is 11.3 Å². The zero-order valence-electron chi connectivity index (χ0n) is 16.0. The van der Waals surface area contributed by atoms with Gasteiger partial charge in [0.1, 0.15) is 5.82 Å². The van der Waals surface area contributed by atoms with Gasteiger partial charge in [-0.05, 0) is 31.4 Å². The molecule has 0 spiro atoms. The maximum Gasteiger partial charge on any atom is 0.409 e. The van der Waals surface area contributed by atoms with Crippen molar-refractivity contribution in [3.05, 3.63) is 48.2 Å². The Morgan fingerprint density at radius 3 is 2.70 bits per heavy atom.